The first kappa shape index (κ1) is 17.0. The summed E-state index contributed by atoms with van der Waals surface area (Å²) in [4.78, 5) is 16.9. The maximum atomic E-state index is 6.22. The van der Waals surface area contributed by atoms with Crippen LogP contribution in [0.25, 0.3) is 11.3 Å². The Morgan fingerprint density at radius 1 is 1.15 bits per heavy atom. The second kappa shape index (κ2) is 6.68. The zero-order chi connectivity index (χ0) is 18.1. The standard InChI is InChI=1S/C20H25N5O/c1-20(2)16-17(22-13-23-19(16)21)14-7-3-4-8-15(14)18(20)24-26-12-11-25-9-5-6-10-25/h3-4,7-8,13H,5-6,9-12H2,1-2H3,(H2,21,22,23). The number of hydrogen-bond donors (Lipinski definition) is 1. The van der Waals surface area contributed by atoms with Gasteiger partial charge in [-0.1, -0.05) is 29.4 Å². The average Bonchev–Trinajstić information content (AvgIpc) is 3.14. The van der Waals surface area contributed by atoms with Gasteiger partial charge in [-0.05, 0) is 39.8 Å². The fourth-order valence-electron chi connectivity index (χ4n) is 4.02. The lowest BCUT2D eigenvalue weighted by molar-refractivity contribution is 0.117. The van der Waals surface area contributed by atoms with Crippen molar-refractivity contribution in [2.45, 2.75) is 32.1 Å². The highest BCUT2D eigenvalue weighted by molar-refractivity contribution is 6.15. The second-order valence-corrected chi connectivity index (χ2v) is 7.47. The Morgan fingerprint density at radius 2 is 1.88 bits per heavy atom. The molecule has 26 heavy (non-hydrogen) atoms. The third-order valence-corrected chi connectivity index (χ3v) is 5.38. The number of hydrogen-bond acceptors (Lipinski definition) is 6. The molecule has 0 radical (unpaired) electrons. The van der Waals surface area contributed by atoms with E-state index in [9.17, 15) is 0 Å². The Hall–Kier alpha value is -2.47. The molecule has 1 fully saturated rings. The van der Waals surface area contributed by atoms with Gasteiger partial charge in [0.05, 0.1) is 11.4 Å². The minimum Gasteiger partial charge on any atom is -0.394 e. The predicted molar refractivity (Wildman–Crippen MR) is 103 cm³/mol. The van der Waals surface area contributed by atoms with E-state index in [1.54, 1.807) is 0 Å². The number of fused-ring (bicyclic) bond motifs is 3. The fraction of sp³-hybridized carbons (Fsp3) is 0.450. The van der Waals surface area contributed by atoms with Crippen LogP contribution in [0.1, 0.15) is 37.8 Å². The van der Waals surface area contributed by atoms with Crippen molar-refractivity contribution < 1.29 is 4.84 Å². The lowest BCUT2D eigenvalue weighted by Crippen LogP contribution is -2.36. The van der Waals surface area contributed by atoms with Crippen molar-refractivity contribution in [3.05, 3.63) is 41.7 Å². The van der Waals surface area contributed by atoms with E-state index in [2.05, 4.69) is 46.0 Å². The number of benzene rings is 1. The van der Waals surface area contributed by atoms with Gasteiger partial charge in [-0.2, -0.15) is 0 Å². The minimum absolute atomic E-state index is 0.428. The molecular weight excluding hydrogens is 326 g/mol. The minimum atomic E-state index is -0.428. The van der Waals surface area contributed by atoms with E-state index in [-0.39, 0.29) is 0 Å². The monoisotopic (exact) mass is 351 g/mol. The summed E-state index contributed by atoms with van der Waals surface area (Å²) in [7, 11) is 0. The molecular formula is C20H25N5O. The molecule has 0 amide bonds. The van der Waals surface area contributed by atoms with Crippen molar-refractivity contribution in [1.82, 2.24) is 14.9 Å². The first-order valence-electron chi connectivity index (χ1n) is 9.22. The van der Waals surface area contributed by atoms with E-state index >= 15 is 0 Å². The Labute approximate surface area is 154 Å². The van der Waals surface area contributed by atoms with Crippen LogP contribution in [0.2, 0.25) is 0 Å². The van der Waals surface area contributed by atoms with Crippen LogP contribution >= 0.6 is 0 Å². The van der Waals surface area contributed by atoms with E-state index < -0.39 is 5.41 Å². The topological polar surface area (TPSA) is 76.6 Å². The summed E-state index contributed by atoms with van der Waals surface area (Å²) in [5.74, 6) is 0.499. The van der Waals surface area contributed by atoms with Crippen LogP contribution in [0.3, 0.4) is 0 Å². The van der Waals surface area contributed by atoms with Crippen LogP contribution in [-0.4, -0.2) is 46.8 Å². The van der Waals surface area contributed by atoms with E-state index in [0.717, 1.165) is 47.7 Å². The van der Waals surface area contributed by atoms with Crippen LogP contribution < -0.4 is 5.73 Å². The number of nitrogen functional groups attached to an aromatic ring is 1. The summed E-state index contributed by atoms with van der Waals surface area (Å²) in [6.45, 7) is 8.04. The lowest BCUT2D eigenvalue weighted by Gasteiger charge is -2.34. The summed E-state index contributed by atoms with van der Waals surface area (Å²) < 4.78 is 0. The average molecular weight is 351 g/mol. The Morgan fingerprint density at radius 3 is 2.65 bits per heavy atom. The normalized spacial score (nSPS) is 20.0. The number of aromatic nitrogens is 2. The largest absolute Gasteiger partial charge is 0.394 e. The SMILES string of the molecule is CC1(C)C(=NOCCN2CCCC2)c2ccccc2-c2ncnc(N)c21. The van der Waals surface area contributed by atoms with Crippen molar-refractivity contribution >= 4 is 11.5 Å². The molecule has 1 aliphatic heterocycles. The molecule has 2 N–H and O–H groups in total. The summed E-state index contributed by atoms with van der Waals surface area (Å²) in [5.41, 5.74) is 10.5. The molecule has 2 heterocycles. The summed E-state index contributed by atoms with van der Waals surface area (Å²) in [5, 5.41) is 4.56. The molecule has 0 bridgehead atoms. The molecule has 4 rings (SSSR count). The molecule has 2 aliphatic rings. The van der Waals surface area contributed by atoms with Crippen LogP contribution in [0.15, 0.2) is 35.7 Å². The summed E-state index contributed by atoms with van der Waals surface area (Å²) >= 11 is 0. The van der Waals surface area contributed by atoms with Gasteiger partial charge in [0.1, 0.15) is 18.8 Å². The van der Waals surface area contributed by atoms with Gasteiger partial charge < -0.3 is 10.6 Å². The molecule has 1 aromatic heterocycles. The van der Waals surface area contributed by atoms with Gasteiger partial charge in [-0.15, -0.1) is 0 Å². The van der Waals surface area contributed by atoms with Crippen LogP contribution in [-0.2, 0) is 10.3 Å². The molecule has 1 aromatic carbocycles. The van der Waals surface area contributed by atoms with Crippen molar-refractivity contribution in [1.29, 1.82) is 0 Å². The maximum Gasteiger partial charge on any atom is 0.131 e. The van der Waals surface area contributed by atoms with E-state index in [4.69, 9.17) is 10.6 Å². The number of anilines is 1. The van der Waals surface area contributed by atoms with E-state index in [1.165, 1.54) is 19.2 Å². The molecule has 0 unspecified atom stereocenters. The van der Waals surface area contributed by atoms with Gasteiger partial charge in [-0.3, -0.25) is 4.90 Å². The van der Waals surface area contributed by atoms with Crippen molar-refractivity contribution in [3.8, 4) is 11.3 Å². The highest BCUT2D eigenvalue weighted by atomic mass is 16.6. The van der Waals surface area contributed by atoms with Gasteiger partial charge >= 0.3 is 0 Å². The van der Waals surface area contributed by atoms with Crippen molar-refractivity contribution in [2.75, 3.05) is 32.0 Å². The van der Waals surface area contributed by atoms with E-state index in [0.29, 0.717) is 12.4 Å². The molecule has 2 aromatic rings. The molecule has 1 saturated heterocycles. The number of rotatable bonds is 4. The van der Waals surface area contributed by atoms with Crippen molar-refractivity contribution in [3.63, 3.8) is 0 Å². The van der Waals surface area contributed by atoms with Crippen LogP contribution in [0.4, 0.5) is 5.82 Å². The predicted octanol–water partition coefficient (Wildman–Crippen LogP) is 2.83. The maximum absolute atomic E-state index is 6.22. The first-order chi connectivity index (χ1) is 12.6. The molecule has 0 spiro atoms. The van der Waals surface area contributed by atoms with Crippen LogP contribution in [0.5, 0.6) is 0 Å². The van der Waals surface area contributed by atoms with Crippen LogP contribution in [0, 0.1) is 0 Å². The number of nitrogens with zero attached hydrogens (tertiary/aromatic N) is 4. The molecule has 1 aliphatic carbocycles. The lowest BCUT2D eigenvalue weighted by atomic mass is 9.70. The quantitative estimate of drug-likeness (QED) is 0.677. The summed E-state index contributed by atoms with van der Waals surface area (Å²) in [6.07, 6.45) is 4.09. The Balaban J connectivity index is 1.67. The molecule has 6 nitrogen and oxygen atoms in total. The number of oxime groups is 1. The molecule has 0 saturated carbocycles. The Kier molecular flexibility index (Phi) is 4.36. The molecule has 6 heteroatoms. The Bertz CT molecular complexity index is 840. The first-order valence-corrected chi connectivity index (χ1v) is 9.22. The number of nitrogens with two attached hydrogens (primary N) is 1. The highest BCUT2D eigenvalue weighted by Crippen LogP contribution is 2.44. The third-order valence-electron chi connectivity index (χ3n) is 5.38. The van der Waals surface area contributed by atoms with Crippen molar-refractivity contribution in [2.24, 2.45) is 5.16 Å². The highest BCUT2D eigenvalue weighted by Gasteiger charge is 2.40. The van der Waals surface area contributed by atoms with Gasteiger partial charge in [0, 0.05) is 28.7 Å². The van der Waals surface area contributed by atoms with E-state index in [1.807, 2.05) is 12.1 Å². The van der Waals surface area contributed by atoms with Gasteiger partial charge in [0.2, 0.25) is 0 Å². The zero-order valence-corrected chi connectivity index (χ0v) is 15.4. The smallest absolute Gasteiger partial charge is 0.131 e. The molecule has 136 valence electrons. The van der Waals surface area contributed by atoms with Gasteiger partial charge in [0.15, 0.2) is 0 Å². The fourth-order valence-corrected chi connectivity index (χ4v) is 4.02. The van der Waals surface area contributed by atoms with Gasteiger partial charge in [0.25, 0.3) is 0 Å². The second-order valence-electron chi connectivity index (χ2n) is 7.47. The molecule has 0 atom stereocenters. The zero-order valence-electron chi connectivity index (χ0n) is 15.4. The number of likely N-dealkylation sites (tertiary alicyclic amines) is 1. The van der Waals surface area contributed by atoms with Gasteiger partial charge in [-0.25, -0.2) is 9.97 Å². The summed E-state index contributed by atoms with van der Waals surface area (Å²) in [6, 6.07) is 8.14. The third kappa shape index (κ3) is 2.84.